The summed E-state index contributed by atoms with van der Waals surface area (Å²) < 4.78 is 5.71. The van der Waals surface area contributed by atoms with Crippen LogP contribution in [0.25, 0.3) is 0 Å². The predicted molar refractivity (Wildman–Crippen MR) is 132 cm³/mol. The second-order valence-corrected chi connectivity index (χ2v) is 10.2. The number of urea groups is 1. The molecule has 1 aromatic heterocycles. The molecule has 3 heterocycles. The Morgan fingerprint density at radius 1 is 1.14 bits per heavy atom. The highest BCUT2D eigenvalue weighted by Gasteiger charge is 2.58. The number of pyridine rings is 1. The Hall–Kier alpha value is -3.95. The Labute approximate surface area is 214 Å². The number of nitrogens with zero attached hydrogens (tertiary/aromatic N) is 3. The number of benzene rings is 1. The number of carbonyl (C=O) groups excluding carboxylic acids is 4. The lowest BCUT2D eigenvalue weighted by atomic mass is 9.94. The summed E-state index contributed by atoms with van der Waals surface area (Å²) in [5, 5.41) is 5.21. The molecule has 2 aliphatic carbocycles. The molecule has 0 radical (unpaired) electrons. The van der Waals surface area contributed by atoms with Gasteiger partial charge in [-0.15, -0.1) is 0 Å². The van der Waals surface area contributed by atoms with Gasteiger partial charge in [-0.3, -0.25) is 14.6 Å². The molecular weight excluding hydrogens is 474 g/mol. The number of imide groups is 1. The van der Waals surface area contributed by atoms with Crippen LogP contribution in [0.3, 0.4) is 0 Å². The van der Waals surface area contributed by atoms with Crippen molar-refractivity contribution in [1.29, 1.82) is 0 Å². The Morgan fingerprint density at radius 3 is 2.76 bits per heavy atom. The molecule has 2 N–H and O–H groups in total. The molecule has 1 saturated carbocycles. The van der Waals surface area contributed by atoms with Crippen molar-refractivity contribution < 1.29 is 23.9 Å². The molecule has 2 atom stereocenters. The van der Waals surface area contributed by atoms with E-state index in [4.69, 9.17) is 4.74 Å². The van der Waals surface area contributed by atoms with Crippen LogP contribution in [0.5, 0.6) is 0 Å². The van der Waals surface area contributed by atoms with Gasteiger partial charge < -0.3 is 20.3 Å². The normalized spacial score (nSPS) is 24.4. The van der Waals surface area contributed by atoms with E-state index in [9.17, 15) is 19.2 Å². The minimum absolute atomic E-state index is 0.0721. The molecule has 4 aliphatic rings. The van der Waals surface area contributed by atoms with Crippen molar-refractivity contribution >= 4 is 29.6 Å². The SMILES string of the molecule is CNC(=O)Nc1ccc2c(c1)CC[C@@]21OC(=O)N(CC(=O)N2Cc3ncccc3CC[C@@H]2C2CC2)C1=O. The number of hydrogen-bond donors (Lipinski definition) is 2. The van der Waals surface area contributed by atoms with Gasteiger partial charge in [0.2, 0.25) is 11.5 Å². The molecule has 2 aromatic rings. The van der Waals surface area contributed by atoms with E-state index in [-0.39, 0.29) is 24.5 Å². The topological polar surface area (TPSA) is 121 Å². The number of carbonyl (C=O) groups is 4. The highest BCUT2D eigenvalue weighted by atomic mass is 16.6. The monoisotopic (exact) mass is 503 g/mol. The number of aromatic nitrogens is 1. The summed E-state index contributed by atoms with van der Waals surface area (Å²) in [4.78, 5) is 59.2. The van der Waals surface area contributed by atoms with Crippen LogP contribution in [-0.2, 0) is 39.3 Å². The lowest BCUT2D eigenvalue weighted by molar-refractivity contribution is -0.143. The zero-order chi connectivity index (χ0) is 25.7. The molecule has 1 spiro atoms. The van der Waals surface area contributed by atoms with Crippen molar-refractivity contribution in [3.63, 3.8) is 0 Å². The molecule has 1 saturated heterocycles. The lowest BCUT2D eigenvalue weighted by Gasteiger charge is -2.31. The molecule has 0 bridgehead atoms. The molecule has 10 nitrogen and oxygen atoms in total. The first-order chi connectivity index (χ1) is 17.9. The summed E-state index contributed by atoms with van der Waals surface area (Å²) in [6.45, 7) is 0.0266. The van der Waals surface area contributed by atoms with Crippen LogP contribution in [0.1, 0.15) is 48.1 Å². The van der Waals surface area contributed by atoms with Crippen LogP contribution in [0.4, 0.5) is 15.3 Å². The summed E-state index contributed by atoms with van der Waals surface area (Å²) in [6, 6.07) is 8.87. The second kappa shape index (κ2) is 8.86. The fraction of sp³-hybridized carbons (Fsp3) is 0.444. The maximum absolute atomic E-state index is 13.6. The summed E-state index contributed by atoms with van der Waals surface area (Å²) in [6.07, 6.45) is 5.61. The predicted octanol–water partition coefficient (Wildman–Crippen LogP) is 2.71. The number of aryl methyl sites for hydroxylation is 2. The Kier molecular flexibility index (Phi) is 5.62. The molecule has 6 rings (SSSR count). The Bertz CT molecular complexity index is 1310. The first kappa shape index (κ1) is 23.4. The minimum Gasteiger partial charge on any atom is -0.427 e. The zero-order valence-corrected chi connectivity index (χ0v) is 20.7. The van der Waals surface area contributed by atoms with E-state index in [2.05, 4.69) is 21.7 Å². The summed E-state index contributed by atoms with van der Waals surface area (Å²) in [5.74, 6) is -0.320. The number of amides is 5. The largest absolute Gasteiger partial charge is 0.427 e. The van der Waals surface area contributed by atoms with Gasteiger partial charge in [-0.05, 0) is 67.3 Å². The van der Waals surface area contributed by atoms with E-state index >= 15 is 0 Å². The molecule has 37 heavy (non-hydrogen) atoms. The molecule has 5 amide bonds. The summed E-state index contributed by atoms with van der Waals surface area (Å²) in [7, 11) is 1.53. The maximum atomic E-state index is 13.6. The highest BCUT2D eigenvalue weighted by Crippen LogP contribution is 2.46. The third-order valence-corrected chi connectivity index (χ3v) is 8.04. The van der Waals surface area contributed by atoms with E-state index in [0.717, 1.165) is 47.4 Å². The quantitative estimate of drug-likeness (QED) is 0.662. The van der Waals surface area contributed by atoms with Crippen LogP contribution in [0.2, 0.25) is 0 Å². The van der Waals surface area contributed by atoms with Crippen molar-refractivity contribution in [2.45, 2.75) is 56.7 Å². The van der Waals surface area contributed by atoms with Crippen molar-refractivity contribution in [2.75, 3.05) is 18.9 Å². The average molecular weight is 504 g/mol. The first-order valence-corrected chi connectivity index (χ1v) is 12.8. The number of fused-ring (bicyclic) bond motifs is 3. The molecule has 1 aromatic carbocycles. The number of hydrogen-bond acceptors (Lipinski definition) is 6. The van der Waals surface area contributed by atoms with Crippen molar-refractivity contribution in [3.05, 3.63) is 58.9 Å². The number of nitrogens with one attached hydrogen (secondary N) is 2. The first-order valence-electron chi connectivity index (χ1n) is 12.8. The Balaban J connectivity index is 1.23. The lowest BCUT2D eigenvalue weighted by Crippen LogP contribution is -2.48. The summed E-state index contributed by atoms with van der Waals surface area (Å²) >= 11 is 0. The highest BCUT2D eigenvalue weighted by molar-refractivity contribution is 6.06. The molecule has 10 heteroatoms. The fourth-order valence-corrected chi connectivity index (χ4v) is 5.97. The van der Waals surface area contributed by atoms with E-state index in [1.165, 1.54) is 7.05 Å². The van der Waals surface area contributed by atoms with Gasteiger partial charge in [0.05, 0.1) is 12.2 Å². The molecule has 2 aliphatic heterocycles. The fourth-order valence-electron chi connectivity index (χ4n) is 5.97. The van der Waals surface area contributed by atoms with Crippen molar-refractivity contribution in [2.24, 2.45) is 5.92 Å². The van der Waals surface area contributed by atoms with Gasteiger partial charge in [0.15, 0.2) is 0 Å². The van der Waals surface area contributed by atoms with Gasteiger partial charge in [-0.1, -0.05) is 12.1 Å². The van der Waals surface area contributed by atoms with Crippen molar-refractivity contribution in [1.82, 2.24) is 20.1 Å². The van der Waals surface area contributed by atoms with Gasteiger partial charge in [-0.2, -0.15) is 0 Å². The van der Waals surface area contributed by atoms with Crippen LogP contribution in [0.15, 0.2) is 36.5 Å². The third kappa shape index (κ3) is 4.00. The van der Waals surface area contributed by atoms with Crippen LogP contribution < -0.4 is 10.6 Å². The maximum Gasteiger partial charge on any atom is 0.418 e. The van der Waals surface area contributed by atoms with Crippen LogP contribution in [0, 0.1) is 5.92 Å². The number of ether oxygens (including phenoxy) is 1. The van der Waals surface area contributed by atoms with Gasteiger partial charge >= 0.3 is 12.1 Å². The van der Waals surface area contributed by atoms with E-state index in [1.54, 1.807) is 24.4 Å². The molecule has 2 fully saturated rings. The van der Waals surface area contributed by atoms with E-state index < -0.39 is 17.6 Å². The molecule has 0 unspecified atom stereocenters. The third-order valence-electron chi connectivity index (χ3n) is 8.04. The van der Waals surface area contributed by atoms with E-state index in [0.29, 0.717) is 36.6 Å². The van der Waals surface area contributed by atoms with Gasteiger partial charge in [0, 0.05) is 37.0 Å². The minimum atomic E-state index is -1.43. The molecule has 192 valence electrons. The van der Waals surface area contributed by atoms with Gasteiger partial charge in [0.25, 0.3) is 5.91 Å². The van der Waals surface area contributed by atoms with Crippen LogP contribution >= 0.6 is 0 Å². The van der Waals surface area contributed by atoms with Gasteiger partial charge in [-0.25, -0.2) is 14.5 Å². The standard InChI is InChI=1S/C27H29N5O5/c1-28-25(35)30-19-7-8-20-18(13-19)10-11-27(20)24(34)32(26(36)37-27)15-23(33)31-14-21-16(3-2-12-29-21)6-9-22(31)17-4-5-17/h2-3,7-8,12-13,17,22H,4-6,9-11,14-15H2,1H3,(H2,28,30,35)/t22-,27-/m1/s1. The second-order valence-electron chi connectivity index (χ2n) is 10.2. The molecular formula is C27H29N5O5. The van der Waals surface area contributed by atoms with E-state index in [1.807, 2.05) is 11.0 Å². The number of rotatable bonds is 4. The summed E-state index contributed by atoms with van der Waals surface area (Å²) in [5.41, 5.74) is 2.60. The Morgan fingerprint density at radius 2 is 1.97 bits per heavy atom. The smallest absolute Gasteiger partial charge is 0.418 e. The van der Waals surface area contributed by atoms with Crippen molar-refractivity contribution in [3.8, 4) is 0 Å². The van der Waals surface area contributed by atoms with Crippen LogP contribution in [-0.4, -0.2) is 58.4 Å². The average Bonchev–Trinajstić information content (AvgIpc) is 3.66. The number of anilines is 1. The van der Waals surface area contributed by atoms with Gasteiger partial charge in [0.1, 0.15) is 6.54 Å². The zero-order valence-electron chi connectivity index (χ0n) is 20.7.